The number of benzene rings is 1. The van der Waals surface area contributed by atoms with Crippen LogP contribution in [-0.4, -0.2) is 29.1 Å². The third kappa shape index (κ3) is 3.69. The Balaban J connectivity index is 2.22. The average molecular weight is 353 g/mol. The first-order chi connectivity index (χ1) is 9.97. The smallest absolute Gasteiger partial charge is 0.0333 e. The van der Waals surface area contributed by atoms with Gasteiger partial charge < -0.3 is 5.32 Å². The summed E-state index contributed by atoms with van der Waals surface area (Å²) in [4.78, 5) is 2.72. The van der Waals surface area contributed by atoms with Crippen LogP contribution in [0.4, 0.5) is 0 Å². The molecule has 2 nitrogen and oxygen atoms in total. The molecular formula is C18H29BrN2. The molecule has 0 amide bonds. The maximum Gasteiger partial charge on any atom is 0.0333 e. The highest BCUT2D eigenvalue weighted by Crippen LogP contribution is 2.32. The van der Waals surface area contributed by atoms with E-state index in [-0.39, 0.29) is 5.54 Å². The van der Waals surface area contributed by atoms with Gasteiger partial charge in [-0.1, -0.05) is 48.8 Å². The minimum absolute atomic E-state index is 0.239. The van der Waals surface area contributed by atoms with Gasteiger partial charge >= 0.3 is 0 Å². The highest BCUT2D eigenvalue weighted by Gasteiger charge is 2.42. The first-order valence-corrected chi connectivity index (χ1v) is 9.01. The van der Waals surface area contributed by atoms with Crippen molar-refractivity contribution >= 4 is 15.9 Å². The number of piperazine rings is 1. The highest BCUT2D eigenvalue weighted by atomic mass is 79.9. The van der Waals surface area contributed by atoms with Crippen molar-refractivity contribution in [1.29, 1.82) is 0 Å². The minimum Gasteiger partial charge on any atom is -0.308 e. The van der Waals surface area contributed by atoms with E-state index < -0.39 is 0 Å². The summed E-state index contributed by atoms with van der Waals surface area (Å²) in [7, 11) is 0. The molecule has 0 spiro atoms. The van der Waals surface area contributed by atoms with E-state index in [0.29, 0.717) is 5.54 Å². The van der Waals surface area contributed by atoms with Gasteiger partial charge in [0.15, 0.2) is 0 Å². The van der Waals surface area contributed by atoms with E-state index in [0.717, 1.165) is 24.1 Å². The van der Waals surface area contributed by atoms with Crippen LogP contribution >= 0.6 is 15.9 Å². The van der Waals surface area contributed by atoms with Crippen LogP contribution in [0.2, 0.25) is 0 Å². The van der Waals surface area contributed by atoms with Gasteiger partial charge in [-0.2, -0.15) is 0 Å². The van der Waals surface area contributed by atoms with Gasteiger partial charge in [0.05, 0.1) is 0 Å². The Bertz CT molecular complexity index is 453. The SMILES string of the molecule is CCC1(C)CN(Cc2ccc(Br)cc2)C(CC)(CC)CN1. The Labute approximate surface area is 138 Å². The van der Waals surface area contributed by atoms with Crippen LogP contribution in [0.5, 0.6) is 0 Å². The summed E-state index contributed by atoms with van der Waals surface area (Å²) < 4.78 is 1.15. The van der Waals surface area contributed by atoms with Crippen molar-refractivity contribution < 1.29 is 0 Å². The lowest BCUT2D eigenvalue weighted by molar-refractivity contribution is -0.00407. The van der Waals surface area contributed by atoms with Crippen LogP contribution in [0.3, 0.4) is 0 Å². The fourth-order valence-electron chi connectivity index (χ4n) is 3.35. The molecule has 1 N–H and O–H groups in total. The number of nitrogens with one attached hydrogen (secondary N) is 1. The predicted molar refractivity (Wildman–Crippen MR) is 94.6 cm³/mol. The summed E-state index contributed by atoms with van der Waals surface area (Å²) >= 11 is 3.53. The third-order valence-corrected chi connectivity index (χ3v) is 5.97. The molecule has 2 rings (SSSR count). The van der Waals surface area contributed by atoms with Gasteiger partial charge in [0.1, 0.15) is 0 Å². The van der Waals surface area contributed by atoms with Crippen molar-refractivity contribution in [3.8, 4) is 0 Å². The summed E-state index contributed by atoms with van der Waals surface area (Å²) in [5, 5.41) is 3.81. The highest BCUT2D eigenvalue weighted by molar-refractivity contribution is 9.10. The normalized spacial score (nSPS) is 26.0. The number of rotatable bonds is 5. The summed E-state index contributed by atoms with van der Waals surface area (Å²) in [6.07, 6.45) is 3.58. The first kappa shape index (κ1) is 17.0. The van der Waals surface area contributed by atoms with Crippen molar-refractivity contribution in [2.24, 2.45) is 0 Å². The quantitative estimate of drug-likeness (QED) is 0.833. The molecule has 0 aliphatic carbocycles. The molecule has 1 unspecified atom stereocenters. The van der Waals surface area contributed by atoms with Crippen molar-refractivity contribution in [3.63, 3.8) is 0 Å². The minimum atomic E-state index is 0.239. The lowest BCUT2D eigenvalue weighted by Gasteiger charge is -2.53. The fraction of sp³-hybridized carbons (Fsp3) is 0.667. The maximum absolute atomic E-state index is 3.81. The molecule has 1 heterocycles. The van der Waals surface area contributed by atoms with E-state index in [4.69, 9.17) is 0 Å². The molecule has 118 valence electrons. The van der Waals surface area contributed by atoms with Crippen molar-refractivity contribution in [2.75, 3.05) is 13.1 Å². The van der Waals surface area contributed by atoms with Crippen LogP contribution in [0.1, 0.15) is 52.5 Å². The standard InChI is InChI=1S/C18H29BrN2/c1-5-17(4)14-21(18(6-2,7-3)13-20-17)12-15-8-10-16(19)11-9-15/h8-11,20H,5-7,12-14H2,1-4H3. The lowest BCUT2D eigenvalue weighted by atomic mass is 9.82. The molecule has 1 saturated heterocycles. The Kier molecular flexibility index (Phi) is 5.50. The van der Waals surface area contributed by atoms with E-state index in [1.807, 2.05) is 0 Å². The number of halogens is 1. The van der Waals surface area contributed by atoms with Gasteiger partial charge in [-0.3, -0.25) is 4.90 Å². The van der Waals surface area contributed by atoms with E-state index in [9.17, 15) is 0 Å². The molecule has 21 heavy (non-hydrogen) atoms. The van der Waals surface area contributed by atoms with Gasteiger partial charge in [0.25, 0.3) is 0 Å². The molecule has 1 aliphatic heterocycles. The molecule has 1 aliphatic rings. The topological polar surface area (TPSA) is 15.3 Å². The molecule has 1 aromatic rings. The van der Waals surface area contributed by atoms with E-state index in [2.05, 4.69) is 78.1 Å². The third-order valence-electron chi connectivity index (χ3n) is 5.44. The van der Waals surface area contributed by atoms with E-state index in [1.54, 1.807) is 0 Å². The van der Waals surface area contributed by atoms with Crippen LogP contribution < -0.4 is 5.32 Å². The molecule has 0 aromatic heterocycles. The fourth-order valence-corrected chi connectivity index (χ4v) is 3.62. The summed E-state index contributed by atoms with van der Waals surface area (Å²) in [6.45, 7) is 12.6. The van der Waals surface area contributed by atoms with Crippen LogP contribution in [0.25, 0.3) is 0 Å². The van der Waals surface area contributed by atoms with Crippen LogP contribution in [0.15, 0.2) is 28.7 Å². The van der Waals surface area contributed by atoms with E-state index >= 15 is 0 Å². The van der Waals surface area contributed by atoms with Gasteiger partial charge in [0.2, 0.25) is 0 Å². The largest absolute Gasteiger partial charge is 0.308 e. The Morgan fingerprint density at radius 2 is 1.71 bits per heavy atom. The van der Waals surface area contributed by atoms with Crippen molar-refractivity contribution in [3.05, 3.63) is 34.3 Å². The zero-order valence-corrected chi connectivity index (χ0v) is 15.5. The van der Waals surface area contributed by atoms with Gasteiger partial charge in [-0.15, -0.1) is 0 Å². The molecular weight excluding hydrogens is 324 g/mol. The molecule has 3 heteroatoms. The molecule has 1 fully saturated rings. The summed E-state index contributed by atoms with van der Waals surface area (Å²) in [6, 6.07) is 8.78. The maximum atomic E-state index is 3.81. The summed E-state index contributed by atoms with van der Waals surface area (Å²) in [5.74, 6) is 0. The molecule has 0 bridgehead atoms. The monoisotopic (exact) mass is 352 g/mol. The van der Waals surface area contributed by atoms with E-state index in [1.165, 1.54) is 24.8 Å². The molecule has 0 radical (unpaired) electrons. The number of hydrogen-bond acceptors (Lipinski definition) is 2. The molecule has 1 atom stereocenters. The zero-order valence-electron chi connectivity index (χ0n) is 13.9. The Morgan fingerprint density at radius 3 is 2.24 bits per heavy atom. The van der Waals surface area contributed by atoms with Crippen LogP contribution in [-0.2, 0) is 6.54 Å². The summed E-state index contributed by atoms with van der Waals surface area (Å²) in [5.41, 5.74) is 1.94. The first-order valence-electron chi connectivity index (χ1n) is 8.21. The molecule has 0 saturated carbocycles. The second kappa shape index (κ2) is 6.80. The van der Waals surface area contributed by atoms with Gasteiger partial charge in [-0.05, 0) is 43.9 Å². The van der Waals surface area contributed by atoms with Crippen molar-refractivity contribution in [2.45, 2.75) is 64.6 Å². The average Bonchev–Trinajstić information content (AvgIpc) is 2.51. The lowest BCUT2D eigenvalue weighted by Crippen LogP contribution is -2.68. The van der Waals surface area contributed by atoms with Crippen LogP contribution in [0, 0.1) is 0 Å². The second-order valence-electron chi connectivity index (χ2n) is 6.68. The van der Waals surface area contributed by atoms with Gasteiger partial charge in [0, 0.05) is 35.2 Å². The predicted octanol–water partition coefficient (Wildman–Crippen LogP) is 4.58. The molecule has 1 aromatic carbocycles. The second-order valence-corrected chi connectivity index (χ2v) is 7.60. The van der Waals surface area contributed by atoms with Crippen molar-refractivity contribution in [1.82, 2.24) is 10.2 Å². The van der Waals surface area contributed by atoms with Gasteiger partial charge in [-0.25, -0.2) is 0 Å². The Morgan fingerprint density at radius 1 is 1.10 bits per heavy atom. The number of nitrogens with zero attached hydrogens (tertiary/aromatic N) is 1. The zero-order chi connectivity index (χ0) is 15.5. The Hall–Kier alpha value is -0.380. The number of hydrogen-bond donors (Lipinski definition) is 1.